The van der Waals surface area contributed by atoms with Crippen molar-refractivity contribution in [3.8, 4) is 0 Å². The molecule has 1 saturated carbocycles. The Labute approximate surface area is 190 Å². The minimum absolute atomic E-state index is 0.0372. The Morgan fingerprint density at radius 2 is 1.69 bits per heavy atom. The van der Waals surface area contributed by atoms with Crippen molar-refractivity contribution in [1.29, 1.82) is 0 Å². The molecule has 0 bridgehead atoms. The molecule has 2 N–H and O–H groups in total. The second-order valence-electron chi connectivity index (χ2n) is 9.56. The second kappa shape index (κ2) is 8.59. The zero-order valence-corrected chi connectivity index (χ0v) is 19.1. The Morgan fingerprint density at radius 3 is 2.31 bits per heavy atom. The summed E-state index contributed by atoms with van der Waals surface area (Å²) in [5.41, 5.74) is 2.17. The van der Waals surface area contributed by atoms with E-state index in [0.29, 0.717) is 13.2 Å². The smallest absolute Gasteiger partial charge is 0.225 e. The Balaban J connectivity index is 1.29. The number of anilines is 2. The van der Waals surface area contributed by atoms with Crippen molar-refractivity contribution in [1.82, 2.24) is 20.2 Å². The molecule has 1 aromatic carbocycles. The Morgan fingerprint density at radius 1 is 1.03 bits per heavy atom. The summed E-state index contributed by atoms with van der Waals surface area (Å²) in [5.74, 6) is 0.727. The lowest BCUT2D eigenvalue weighted by Gasteiger charge is -2.49. The van der Waals surface area contributed by atoms with E-state index in [0.717, 1.165) is 57.0 Å². The van der Waals surface area contributed by atoms with Crippen LogP contribution < -0.4 is 15.1 Å². The highest BCUT2D eigenvalue weighted by atomic mass is 16.5. The van der Waals surface area contributed by atoms with Gasteiger partial charge < -0.3 is 19.6 Å². The normalized spacial score (nSPS) is 30.9. The molecule has 1 unspecified atom stereocenters. The van der Waals surface area contributed by atoms with E-state index in [4.69, 9.17) is 4.74 Å². The van der Waals surface area contributed by atoms with Gasteiger partial charge in [0.2, 0.25) is 5.95 Å². The lowest BCUT2D eigenvalue weighted by atomic mass is 9.69. The van der Waals surface area contributed by atoms with Gasteiger partial charge in [0.25, 0.3) is 0 Å². The Bertz CT molecular complexity index is 892. The zero-order chi connectivity index (χ0) is 22.2. The van der Waals surface area contributed by atoms with Crippen molar-refractivity contribution in [2.24, 2.45) is 0 Å². The van der Waals surface area contributed by atoms with Gasteiger partial charge in [-0.1, -0.05) is 30.3 Å². The third-order valence-electron chi connectivity index (χ3n) is 7.66. The van der Waals surface area contributed by atoms with Crippen LogP contribution in [-0.2, 0) is 10.3 Å². The molecule has 3 fully saturated rings. The van der Waals surface area contributed by atoms with Crippen molar-refractivity contribution in [3.05, 3.63) is 48.3 Å². The van der Waals surface area contributed by atoms with Crippen LogP contribution >= 0.6 is 0 Å². The summed E-state index contributed by atoms with van der Waals surface area (Å²) in [6, 6.07) is 10.8. The largest absolute Gasteiger partial charge is 0.378 e. The molecule has 172 valence electrons. The maximum absolute atomic E-state index is 10.9. The van der Waals surface area contributed by atoms with Gasteiger partial charge in [-0.25, -0.2) is 9.97 Å². The number of hydrogen-bond donors (Lipinski definition) is 2. The molecule has 8 nitrogen and oxygen atoms in total. The molecular formula is C24H34N6O2. The molecule has 3 heterocycles. The predicted molar refractivity (Wildman–Crippen MR) is 125 cm³/mol. The number of hydrogen-bond acceptors (Lipinski definition) is 8. The van der Waals surface area contributed by atoms with E-state index in [-0.39, 0.29) is 11.1 Å². The van der Waals surface area contributed by atoms with E-state index >= 15 is 0 Å². The molecule has 1 aliphatic carbocycles. The van der Waals surface area contributed by atoms with E-state index in [9.17, 15) is 5.11 Å². The number of rotatable bonds is 4. The quantitative estimate of drug-likeness (QED) is 0.748. The number of nitrogens with zero attached hydrogens (tertiary/aromatic N) is 5. The van der Waals surface area contributed by atoms with Gasteiger partial charge in [0.05, 0.1) is 31.3 Å². The molecule has 0 radical (unpaired) electrons. The van der Waals surface area contributed by atoms with E-state index in [1.165, 1.54) is 5.56 Å². The molecule has 8 heteroatoms. The van der Waals surface area contributed by atoms with Crippen molar-refractivity contribution in [3.63, 3.8) is 0 Å². The summed E-state index contributed by atoms with van der Waals surface area (Å²) < 4.78 is 5.41. The summed E-state index contributed by atoms with van der Waals surface area (Å²) in [6.07, 6.45) is 7.03. The topological polar surface area (TPSA) is 77.0 Å². The molecule has 3 aliphatic rings. The molecule has 2 aromatic rings. The summed E-state index contributed by atoms with van der Waals surface area (Å²) in [7, 11) is 4.36. The fourth-order valence-electron chi connectivity index (χ4n) is 5.62. The standard InChI is InChI=1S/C24H34N6O2/c1-28(2)24(19-6-4-3-5-7-19)10-8-23(9-11-24)18-30(22(31)27-23)20-16-25-21(26-17-20)29-12-14-32-15-13-29/h3-7,16-17,22,27,31H,8-15,18H2,1-2H3. The molecule has 32 heavy (non-hydrogen) atoms. The van der Waals surface area contributed by atoms with Crippen LogP contribution in [0.15, 0.2) is 42.7 Å². The fraction of sp³-hybridized carbons (Fsp3) is 0.583. The van der Waals surface area contributed by atoms with Crippen molar-refractivity contribution in [2.75, 3.05) is 56.7 Å². The first-order valence-electron chi connectivity index (χ1n) is 11.6. The van der Waals surface area contributed by atoms with E-state index in [1.807, 2.05) is 17.3 Å². The maximum atomic E-state index is 10.9. The van der Waals surface area contributed by atoms with E-state index < -0.39 is 6.35 Å². The SMILES string of the molecule is CN(C)C1(c2ccccc2)CCC2(CC1)CN(c1cnc(N3CCOCC3)nc1)C(O)N2. The van der Waals surface area contributed by atoms with Crippen LogP contribution in [0, 0.1) is 0 Å². The Hall–Kier alpha value is -2.26. The van der Waals surface area contributed by atoms with Crippen LogP contribution in [0.2, 0.25) is 0 Å². The highest BCUT2D eigenvalue weighted by molar-refractivity contribution is 5.48. The molecule has 2 saturated heterocycles. The summed E-state index contributed by atoms with van der Waals surface area (Å²) in [5, 5.41) is 14.4. The van der Waals surface area contributed by atoms with Gasteiger partial charge in [-0.05, 0) is 45.3 Å². The summed E-state index contributed by atoms with van der Waals surface area (Å²) >= 11 is 0. The molecule has 1 spiro atoms. The zero-order valence-electron chi connectivity index (χ0n) is 19.1. The van der Waals surface area contributed by atoms with Crippen LogP contribution in [0.25, 0.3) is 0 Å². The minimum Gasteiger partial charge on any atom is -0.378 e. The first-order valence-corrected chi connectivity index (χ1v) is 11.6. The third-order valence-corrected chi connectivity index (χ3v) is 7.66. The average Bonchev–Trinajstić information content (AvgIpc) is 3.16. The van der Waals surface area contributed by atoms with Crippen molar-refractivity contribution < 1.29 is 9.84 Å². The van der Waals surface area contributed by atoms with E-state index in [1.54, 1.807) is 0 Å². The van der Waals surface area contributed by atoms with Crippen LogP contribution in [0.3, 0.4) is 0 Å². The molecule has 5 rings (SSSR count). The molecule has 2 aliphatic heterocycles. The molecular weight excluding hydrogens is 404 g/mol. The van der Waals surface area contributed by atoms with Gasteiger partial charge in [0.1, 0.15) is 0 Å². The van der Waals surface area contributed by atoms with Crippen LogP contribution in [-0.4, -0.2) is 78.8 Å². The predicted octanol–water partition coefficient (Wildman–Crippen LogP) is 1.77. The molecule has 1 atom stereocenters. The number of morpholine rings is 1. The van der Waals surface area contributed by atoms with Crippen molar-refractivity contribution in [2.45, 2.75) is 43.1 Å². The molecule has 0 amide bonds. The van der Waals surface area contributed by atoms with Gasteiger partial charge in [0, 0.05) is 30.7 Å². The van der Waals surface area contributed by atoms with Crippen LogP contribution in [0.4, 0.5) is 11.6 Å². The average molecular weight is 439 g/mol. The maximum Gasteiger partial charge on any atom is 0.225 e. The first-order chi connectivity index (χ1) is 15.5. The number of nitrogens with one attached hydrogen (secondary N) is 1. The van der Waals surface area contributed by atoms with Gasteiger partial charge in [0.15, 0.2) is 6.35 Å². The Kier molecular flexibility index (Phi) is 5.79. The van der Waals surface area contributed by atoms with Crippen LogP contribution in [0.1, 0.15) is 31.2 Å². The highest BCUT2D eigenvalue weighted by Crippen LogP contribution is 2.46. The third kappa shape index (κ3) is 3.85. The molecule has 1 aromatic heterocycles. The minimum atomic E-state index is -0.726. The first kappa shape index (κ1) is 21.6. The van der Waals surface area contributed by atoms with Gasteiger partial charge in [-0.15, -0.1) is 0 Å². The second-order valence-corrected chi connectivity index (χ2v) is 9.56. The summed E-state index contributed by atoms with van der Waals surface area (Å²) in [6.45, 7) is 3.79. The van der Waals surface area contributed by atoms with Gasteiger partial charge >= 0.3 is 0 Å². The van der Waals surface area contributed by atoms with Gasteiger partial charge in [-0.2, -0.15) is 0 Å². The number of benzene rings is 1. The number of aromatic nitrogens is 2. The fourth-order valence-corrected chi connectivity index (χ4v) is 5.62. The number of aliphatic hydroxyl groups is 1. The lowest BCUT2D eigenvalue weighted by molar-refractivity contribution is 0.0513. The van der Waals surface area contributed by atoms with Crippen LogP contribution in [0.5, 0.6) is 0 Å². The van der Waals surface area contributed by atoms with E-state index in [2.05, 4.69) is 69.5 Å². The highest BCUT2D eigenvalue weighted by Gasteiger charge is 2.50. The lowest BCUT2D eigenvalue weighted by Crippen LogP contribution is -2.54. The summed E-state index contributed by atoms with van der Waals surface area (Å²) in [4.78, 5) is 15.6. The number of ether oxygens (including phenoxy) is 1. The monoisotopic (exact) mass is 438 g/mol. The number of aliphatic hydroxyl groups excluding tert-OH is 1. The van der Waals surface area contributed by atoms with Crippen molar-refractivity contribution >= 4 is 11.6 Å². The van der Waals surface area contributed by atoms with Gasteiger partial charge in [-0.3, -0.25) is 10.2 Å².